The predicted molar refractivity (Wildman–Crippen MR) is 128 cm³/mol. The Morgan fingerprint density at radius 3 is 2.61 bits per heavy atom. The van der Waals surface area contributed by atoms with E-state index in [-0.39, 0.29) is 19.1 Å². The molecule has 1 amide bonds. The highest BCUT2D eigenvalue weighted by atomic mass is 32.1. The van der Waals surface area contributed by atoms with Crippen molar-refractivity contribution in [2.75, 3.05) is 24.7 Å². The topological polar surface area (TPSA) is 99.4 Å². The van der Waals surface area contributed by atoms with E-state index in [1.54, 1.807) is 30.5 Å². The average molecular weight is 474 g/mol. The third-order valence-corrected chi connectivity index (χ3v) is 6.34. The summed E-state index contributed by atoms with van der Waals surface area (Å²) >= 11 is 1.17. The molecule has 0 bridgehead atoms. The number of unbranched alkanes of at least 4 members (excludes halogenated alkanes) is 2. The summed E-state index contributed by atoms with van der Waals surface area (Å²) in [6.45, 7) is 10.1. The van der Waals surface area contributed by atoms with E-state index in [1.807, 2.05) is 19.9 Å². The van der Waals surface area contributed by atoms with Crippen LogP contribution in [0.1, 0.15) is 59.7 Å². The van der Waals surface area contributed by atoms with E-state index in [9.17, 15) is 9.59 Å². The summed E-state index contributed by atoms with van der Waals surface area (Å²) in [6, 6.07) is 1.96. The monoisotopic (exact) mass is 473 g/mol. The van der Waals surface area contributed by atoms with Crippen molar-refractivity contribution < 1.29 is 19.1 Å². The zero-order valence-electron chi connectivity index (χ0n) is 20.1. The van der Waals surface area contributed by atoms with Crippen molar-refractivity contribution in [3.05, 3.63) is 27.9 Å². The SMILES string of the molecule is CCCCCN(C(=O)COc1nn(C)c2nc(C)cc(C)c12)c1nc(C)c(C(=O)OCC)s1. The van der Waals surface area contributed by atoms with Gasteiger partial charge in [0.2, 0.25) is 5.88 Å². The van der Waals surface area contributed by atoms with E-state index in [0.717, 1.165) is 35.9 Å². The van der Waals surface area contributed by atoms with Gasteiger partial charge in [0.25, 0.3) is 5.91 Å². The molecule has 3 heterocycles. The first-order valence-corrected chi connectivity index (χ1v) is 12.0. The summed E-state index contributed by atoms with van der Waals surface area (Å²) < 4.78 is 12.6. The Morgan fingerprint density at radius 2 is 1.91 bits per heavy atom. The van der Waals surface area contributed by atoms with Crippen LogP contribution in [-0.4, -0.2) is 51.4 Å². The highest BCUT2D eigenvalue weighted by Crippen LogP contribution is 2.29. The molecule has 0 radical (unpaired) electrons. The van der Waals surface area contributed by atoms with Crippen molar-refractivity contribution >= 4 is 39.4 Å². The fraction of sp³-hybridized carbons (Fsp3) is 0.522. The minimum Gasteiger partial charge on any atom is -0.466 e. The van der Waals surface area contributed by atoms with Gasteiger partial charge in [0, 0.05) is 19.3 Å². The van der Waals surface area contributed by atoms with E-state index < -0.39 is 5.97 Å². The predicted octanol–water partition coefficient (Wildman–Crippen LogP) is 4.13. The van der Waals surface area contributed by atoms with Crippen molar-refractivity contribution in [2.24, 2.45) is 7.05 Å². The van der Waals surface area contributed by atoms with Crippen LogP contribution in [0.3, 0.4) is 0 Å². The number of aromatic nitrogens is 4. The molecule has 0 spiro atoms. The van der Waals surface area contributed by atoms with Crippen molar-refractivity contribution in [3.63, 3.8) is 0 Å². The molecule has 0 aliphatic rings. The van der Waals surface area contributed by atoms with E-state index >= 15 is 0 Å². The standard InChI is InChI=1S/C23H31N5O4S/c1-7-9-10-11-28(23-25-16(5)19(33-23)22(30)31-8-2)17(29)13-32-21-18-14(3)12-15(4)24-20(18)27(6)26-21/h12H,7-11,13H2,1-6H3. The minimum absolute atomic E-state index is 0.196. The molecule has 0 unspecified atom stereocenters. The van der Waals surface area contributed by atoms with Gasteiger partial charge in [0.15, 0.2) is 17.4 Å². The fourth-order valence-electron chi connectivity index (χ4n) is 3.59. The molecule has 0 saturated carbocycles. The van der Waals surface area contributed by atoms with Crippen molar-refractivity contribution in [1.29, 1.82) is 0 Å². The molecule has 3 aromatic rings. The smallest absolute Gasteiger partial charge is 0.350 e. The number of nitrogens with zero attached hydrogens (tertiary/aromatic N) is 5. The molecular formula is C23H31N5O4S. The number of carbonyl (C=O) groups excluding carboxylic acids is 2. The van der Waals surface area contributed by atoms with Crippen molar-refractivity contribution in [1.82, 2.24) is 19.7 Å². The van der Waals surface area contributed by atoms with Gasteiger partial charge in [-0.15, -0.1) is 5.10 Å². The second-order valence-corrected chi connectivity index (χ2v) is 8.86. The number of hydrogen-bond acceptors (Lipinski definition) is 8. The van der Waals surface area contributed by atoms with Crippen LogP contribution in [0.15, 0.2) is 6.07 Å². The lowest BCUT2D eigenvalue weighted by Crippen LogP contribution is -2.36. The second kappa shape index (κ2) is 10.7. The molecule has 178 valence electrons. The van der Waals surface area contributed by atoms with Crippen molar-refractivity contribution in [3.8, 4) is 5.88 Å². The Morgan fingerprint density at radius 1 is 1.15 bits per heavy atom. The number of ether oxygens (including phenoxy) is 2. The van der Waals surface area contributed by atoms with Gasteiger partial charge in [0.05, 0.1) is 17.7 Å². The summed E-state index contributed by atoms with van der Waals surface area (Å²) in [5.74, 6) is -0.289. The number of hydrogen-bond donors (Lipinski definition) is 0. The van der Waals surface area contributed by atoms with Gasteiger partial charge in [-0.3, -0.25) is 9.69 Å². The zero-order valence-corrected chi connectivity index (χ0v) is 20.9. The van der Waals surface area contributed by atoms with Gasteiger partial charge in [0.1, 0.15) is 4.88 Å². The lowest BCUT2D eigenvalue weighted by atomic mass is 10.2. The first-order valence-electron chi connectivity index (χ1n) is 11.1. The van der Waals surface area contributed by atoms with Gasteiger partial charge in [-0.05, 0) is 45.7 Å². The third kappa shape index (κ3) is 5.50. The highest BCUT2D eigenvalue weighted by Gasteiger charge is 2.25. The fourth-order valence-corrected chi connectivity index (χ4v) is 4.59. The molecule has 0 aliphatic carbocycles. The Hall–Kier alpha value is -3.01. The summed E-state index contributed by atoms with van der Waals surface area (Å²) in [4.78, 5) is 36.5. The van der Waals surface area contributed by atoms with Gasteiger partial charge >= 0.3 is 5.97 Å². The van der Waals surface area contributed by atoms with Crippen LogP contribution in [0, 0.1) is 20.8 Å². The molecular weight excluding hydrogens is 442 g/mol. The normalized spacial score (nSPS) is 11.1. The van der Waals surface area contributed by atoms with Crippen LogP contribution in [-0.2, 0) is 16.6 Å². The number of amides is 1. The van der Waals surface area contributed by atoms with Gasteiger partial charge in [-0.2, -0.15) is 0 Å². The molecule has 0 fully saturated rings. The Kier molecular flexibility index (Phi) is 8.01. The molecule has 3 aromatic heterocycles. The average Bonchev–Trinajstić information content (AvgIpc) is 3.29. The van der Waals surface area contributed by atoms with Gasteiger partial charge < -0.3 is 9.47 Å². The van der Waals surface area contributed by atoms with E-state index in [4.69, 9.17) is 9.47 Å². The van der Waals surface area contributed by atoms with Crippen LogP contribution in [0.2, 0.25) is 0 Å². The molecule has 9 nitrogen and oxygen atoms in total. The van der Waals surface area contributed by atoms with Gasteiger partial charge in [-0.25, -0.2) is 19.4 Å². The molecule has 0 N–H and O–H groups in total. The van der Waals surface area contributed by atoms with Crippen molar-refractivity contribution in [2.45, 2.75) is 53.9 Å². The summed E-state index contributed by atoms with van der Waals surface area (Å²) in [7, 11) is 1.80. The first kappa shape index (κ1) is 24.6. The first-order chi connectivity index (χ1) is 15.8. The maximum Gasteiger partial charge on any atom is 0.350 e. The molecule has 0 atom stereocenters. The number of aryl methyl sites for hydroxylation is 4. The van der Waals surface area contributed by atoms with Crippen LogP contribution >= 0.6 is 11.3 Å². The quantitative estimate of drug-likeness (QED) is 0.322. The van der Waals surface area contributed by atoms with Crippen LogP contribution in [0.5, 0.6) is 5.88 Å². The summed E-state index contributed by atoms with van der Waals surface area (Å²) in [5.41, 5.74) is 3.14. The lowest BCUT2D eigenvalue weighted by molar-refractivity contribution is -0.120. The highest BCUT2D eigenvalue weighted by molar-refractivity contribution is 7.17. The van der Waals surface area contributed by atoms with E-state index in [0.29, 0.717) is 33.8 Å². The molecule has 33 heavy (non-hydrogen) atoms. The number of carbonyl (C=O) groups is 2. The van der Waals surface area contributed by atoms with Crippen LogP contribution < -0.4 is 9.64 Å². The van der Waals surface area contributed by atoms with E-state index in [1.165, 1.54) is 11.3 Å². The summed E-state index contributed by atoms with van der Waals surface area (Å²) in [6.07, 6.45) is 2.83. The Labute approximate surface area is 197 Å². The number of anilines is 1. The Balaban J connectivity index is 1.83. The number of fused-ring (bicyclic) bond motifs is 1. The lowest BCUT2D eigenvalue weighted by Gasteiger charge is -2.19. The van der Waals surface area contributed by atoms with Gasteiger partial charge in [-0.1, -0.05) is 31.1 Å². The molecule has 3 rings (SSSR count). The maximum atomic E-state index is 13.2. The number of thiazole rings is 1. The molecule has 0 aliphatic heterocycles. The molecule has 0 aromatic carbocycles. The number of esters is 1. The second-order valence-electron chi connectivity index (χ2n) is 7.88. The number of rotatable bonds is 10. The Bertz CT molecular complexity index is 1150. The van der Waals surface area contributed by atoms with E-state index in [2.05, 4.69) is 22.0 Å². The number of pyridine rings is 1. The van der Waals surface area contributed by atoms with Crippen LogP contribution in [0.4, 0.5) is 5.13 Å². The largest absolute Gasteiger partial charge is 0.466 e. The minimum atomic E-state index is -0.422. The summed E-state index contributed by atoms with van der Waals surface area (Å²) in [5, 5.41) is 5.69. The maximum absolute atomic E-state index is 13.2. The zero-order chi connectivity index (χ0) is 24.1. The molecule has 10 heteroatoms. The third-order valence-electron chi connectivity index (χ3n) is 5.18. The van der Waals surface area contributed by atoms with Crippen LogP contribution in [0.25, 0.3) is 11.0 Å². The molecule has 0 saturated heterocycles.